The van der Waals surface area contributed by atoms with Gasteiger partial charge in [-0.15, -0.1) is 0 Å². The third-order valence-electron chi connectivity index (χ3n) is 2.76. The van der Waals surface area contributed by atoms with Crippen molar-refractivity contribution in [3.05, 3.63) is 29.8 Å². The molecular weight excluding hydrogens is 212 g/mol. The van der Waals surface area contributed by atoms with Crippen LogP contribution in [0.25, 0.3) is 0 Å². The van der Waals surface area contributed by atoms with E-state index >= 15 is 0 Å². The molecule has 0 aromatic heterocycles. The summed E-state index contributed by atoms with van der Waals surface area (Å²) < 4.78 is 5.33. The Hall–Kier alpha value is -1.14. The van der Waals surface area contributed by atoms with Crippen LogP contribution in [0.15, 0.2) is 24.3 Å². The van der Waals surface area contributed by atoms with E-state index in [1.807, 2.05) is 0 Å². The summed E-state index contributed by atoms with van der Waals surface area (Å²) in [5.41, 5.74) is 0.653. The van der Waals surface area contributed by atoms with Gasteiger partial charge in [-0.25, -0.2) is 0 Å². The fourth-order valence-electron chi connectivity index (χ4n) is 1.84. The van der Waals surface area contributed by atoms with Gasteiger partial charge in [0.05, 0.1) is 6.61 Å². The Bertz CT molecular complexity index is 350. The molecule has 0 spiro atoms. The minimum absolute atomic E-state index is 0.121. The molecule has 2 rings (SSSR count). The molecule has 1 saturated heterocycles. The van der Waals surface area contributed by atoms with Crippen LogP contribution in [-0.2, 0) is 4.74 Å². The molecule has 16 heavy (non-hydrogen) atoms. The first kappa shape index (κ1) is 11.3. The average Bonchev–Trinajstić information content (AvgIpc) is 2.57. The molecule has 5 nitrogen and oxygen atoms in total. The largest absolute Gasteiger partial charge is 0.508 e. The summed E-state index contributed by atoms with van der Waals surface area (Å²) in [6.07, 6.45) is -3.60. The smallest absolute Gasteiger partial charge is 0.115 e. The Morgan fingerprint density at radius 1 is 1.06 bits per heavy atom. The van der Waals surface area contributed by atoms with Crippen molar-refractivity contribution in [2.45, 2.75) is 24.4 Å². The number of rotatable bonds is 2. The van der Waals surface area contributed by atoms with Gasteiger partial charge in [0.2, 0.25) is 0 Å². The van der Waals surface area contributed by atoms with Gasteiger partial charge in [0.25, 0.3) is 0 Å². The molecule has 1 aromatic carbocycles. The predicted octanol–water partition coefficient (Wildman–Crippen LogP) is -0.454. The fourth-order valence-corrected chi connectivity index (χ4v) is 1.84. The summed E-state index contributed by atoms with van der Waals surface area (Å²) in [7, 11) is 0. The number of ether oxygens (including phenoxy) is 1. The number of aliphatic hydroxyl groups is 3. The zero-order valence-electron chi connectivity index (χ0n) is 8.52. The minimum atomic E-state index is -1.09. The third-order valence-corrected chi connectivity index (χ3v) is 2.76. The lowest BCUT2D eigenvalue weighted by Crippen LogP contribution is -2.32. The molecule has 0 amide bonds. The zero-order chi connectivity index (χ0) is 11.7. The fraction of sp³-hybridized carbons (Fsp3) is 0.455. The van der Waals surface area contributed by atoms with Gasteiger partial charge in [0.1, 0.15) is 30.2 Å². The van der Waals surface area contributed by atoms with Crippen LogP contribution in [0.5, 0.6) is 5.75 Å². The quantitative estimate of drug-likeness (QED) is 0.548. The number of hydrogen-bond acceptors (Lipinski definition) is 5. The van der Waals surface area contributed by atoms with Crippen LogP contribution < -0.4 is 0 Å². The molecule has 0 saturated carbocycles. The van der Waals surface area contributed by atoms with Crippen molar-refractivity contribution in [3.63, 3.8) is 0 Å². The van der Waals surface area contributed by atoms with Crippen molar-refractivity contribution < 1.29 is 25.2 Å². The van der Waals surface area contributed by atoms with E-state index in [0.29, 0.717) is 5.56 Å². The molecule has 1 aromatic rings. The molecule has 1 aliphatic rings. The summed E-state index contributed by atoms with van der Waals surface area (Å²) in [6, 6.07) is 6.17. The Labute approximate surface area is 92.5 Å². The lowest BCUT2D eigenvalue weighted by atomic mass is 10.0. The maximum absolute atomic E-state index is 9.73. The molecule has 1 heterocycles. The normalized spacial score (nSPS) is 34.2. The SMILES string of the molecule is OC[C@H]1O[C@@H](c2ccc(O)cc2)[C@H](O)[C@@H]1O. The van der Waals surface area contributed by atoms with Gasteiger partial charge >= 0.3 is 0 Å². The first-order valence-electron chi connectivity index (χ1n) is 5.05. The van der Waals surface area contributed by atoms with Crippen molar-refractivity contribution >= 4 is 0 Å². The van der Waals surface area contributed by atoms with Crippen LogP contribution in [0.2, 0.25) is 0 Å². The second-order valence-electron chi connectivity index (χ2n) is 3.85. The third kappa shape index (κ3) is 1.90. The molecule has 88 valence electrons. The molecule has 0 unspecified atom stereocenters. The lowest BCUT2D eigenvalue weighted by Gasteiger charge is -2.14. The number of hydrogen-bond donors (Lipinski definition) is 4. The summed E-state index contributed by atoms with van der Waals surface area (Å²) in [5, 5.41) is 37.3. The molecule has 4 N–H and O–H groups in total. The van der Waals surface area contributed by atoms with Crippen molar-refractivity contribution in [1.82, 2.24) is 0 Å². The van der Waals surface area contributed by atoms with E-state index in [9.17, 15) is 10.2 Å². The molecule has 1 fully saturated rings. The summed E-state index contributed by atoms with van der Waals surface area (Å²) >= 11 is 0. The van der Waals surface area contributed by atoms with Crippen molar-refractivity contribution in [2.75, 3.05) is 6.61 Å². The minimum Gasteiger partial charge on any atom is -0.508 e. The maximum atomic E-state index is 9.73. The van der Waals surface area contributed by atoms with Gasteiger partial charge in [-0.2, -0.15) is 0 Å². The topological polar surface area (TPSA) is 90.2 Å². The van der Waals surface area contributed by atoms with Crippen LogP contribution in [0, 0.1) is 0 Å². The van der Waals surface area contributed by atoms with Crippen LogP contribution >= 0.6 is 0 Å². The van der Waals surface area contributed by atoms with Gasteiger partial charge in [0.15, 0.2) is 0 Å². The first-order valence-corrected chi connectivity index (χ1v) is 5.05. The highest BCUT2D eigenvalue weighted by molar-refractivity contribution is 5.28. The molecule has 4 atom stereocenters. The standard InChI is InChI=1S/C11H14O5/c12-5-8-9(14)10(15)11(16-8)6-1-3-7(13)4-2-6/h1-4,8-15H,5H2/t8-,9-,10-,11+/m1/s1. The molecule has 5 heteroatoms. The van der Waals surface area contributed by atoms with E-state index in [0.717, 1.165) is 0 Å². The van der Waals surface area contributed by atoms with Gasteiger partial charge < -0.3 is 25.2 Å². The Kier molecular flexibility index (Phi) is 3.11. The van der Waals surface area contributed by atoms with Crippen LogP contribution in [0.3, 0.4) is 0 Å². The van der Waals surface area contributed by atoms with Crippen molar-refractivity contribution in [3.8, 4) is 5.75 Å². The van der Waals surface area contributed by atoms with E-state index in [1.54, 1.807) is 12.1 Å². The number of aromatic hydroxyl groups is 1. The highest BCUT2D eigenvalue weighted by Gasteiger charge is 2.42. The van der Waals surface area contributed by atoms with E-state index in [2.05, 4.69) is 0 Å². The number of phenols is 1. The highest BCUT2D eigenvalue weighted by Crippen LogP contribution is 2.33. The number of benzene rings is 1. The average molecular weight is 226 g/mol. The highest BCUT2D eigenvalue weighted by atomic mass is 16.6. The van der Waals surface area contributed by atoms with Crippen LogP contribution in [-0.4, -0.2) is 45.3 Å². The van der Waals surface area contributed by atoms with Crippen molar-refractivity contribution in [1.29, 1.82) is 0 Å². The second-order valence-corrected chi connectivity index (χ2v) is 3.85. The molecule has 0 radical (unpaired) electrons. The maximum Gasteiger partial charge on any atom is 0.115 e. The van der Waals surface area contributed by atoms with Crippen LogP contribution in [0.4, 0.5) is 0 Å². The molecule has 0 aliphatic carbocycles. The van der Waals surface area contributed by atoms with Crippen molar-refractivity contribution in [2.24, 2.45) is 0 Å². The summed E-state index contributed by atoms with van der Waals surface area (Å²) in [5.74, 6) is 0.121. The zero-order valence-corrected chi connectivity index (χ0v) is 8.52. The Morgan fingerprint density at radius 3 is 2.19 bits per heavy atom. The Balaban J connectivity index is 2.19. The molecule has 0 bridgehead atoms. The van der Waals surface area contributed by atoms with E-state index in [4.69, 9.17) is 14.9 Å². The monoisotopic (exact) mass is 226 g/mol. The van der Waals surface area contributed by atoms with Gasteiger partial charge in [-0.3, -0.25) is 0 Å². The lowest BCUT2D eigenvalue weighted by molar-refractivity contribution is -0.0227. The number of aliphatic hydroxyl groups excluding tert-OH is 3. The van der Waals surface area contributed by atoms with Gasteiger partial charge in [-0.1, -0.05) is 12.1 Å². The van der Waals surface area contributed by atoms with E-state index in [-0.39, 0.29) is 12.4 Å². The summed E-state index contributed by atoms with van der Waals surface area (Å²) in [6.45, 7) is -0.340. The van der Waals surface area contributed by atoms with E-state index in [1.165, 1.54) is 12.1 Å². The second kappa shape index (κ2) is 4.39. The van der Waals surface area contributed by atoms with Gasteiger partial charge in [-0.05, 0) is 17.7 Å². The van der Waals surface area contributed by atoms with Gasteiger partial charge in [0, 0.05) is 0 Å². The van der Waals surface area contributed by atoms with E-state index < -0.39 is 24.4 Å². The summed E-state index contributed by atoms with van der Waals surface area (Å²) in [4.78, 5) is 0. The molecule has 1 aliphatic heterocycles. The Morgan fingerprint density at radius 2 is 1.69 bits per heavy atom. The predicted molar refractivity (Wildman–Crippen MR) is 54.8 cm³/mol. The first-order chi connectivity index (χ1) is 7.63. The number of phenolic OH excluding ortho intramolecular Hbond substituents is 1. The molecular formula is C11H14O5. The van der Waals surface area contributed by atoms with Crippen LogP contribution in [0.1, 0.15) is 11.7 Å².